The van der Waals surface area contributed by atoms with E-state index in [-0.39, 0.29) is 5.91 Å². The average molecular weight is 291 g/mol. The summed E-state index contributed by atoms with van der Waals surface area (Å²) in [7, 11) is 2.26. The molecule has 0 radical (unpaired) electrons. The number of carbonyl (C=O) groups is 1. The summed E-state index contributed by atoms with van der Waals surface area (Å²) in [6, 6.07) is 0.728. The molecule has 0 N–H and O–H groups in total. The number of carbonyl (C=O) groups excluding carboxylic acids is 1. The molecule has 0 aliphatic carbocycles. The van der Waals surface area contributed by atoms with Crippen molar-refractivity contribution in [3.8, 4) is 0 Å². The third-order valence-electron chi connectivity index (χ3n) is 5.03. The van der Waals surface area contributed by atoms with Crippen molar-refractivity contribution in [3.63, 3.8) is 0 Å². The molecule has 3 rings (SSSR count). The third kappa shape index (κ3) is 3.43. The Balaban J connectivity index is 1.49. The lowest BCUT2D eigenvalue weighted by Crippen LogP contribution is -2.47. The van der Waals surface area contributed by atoms with Crippen LogP contribution in [0.2, 0.25) is 0 Å². The first kappa shape index (κ1) is 14.5. The summed E-state index contributed by atoms with van der Waals surface area (Å²) in [6.07, 6.45) is 9.37. The lowest BCUT2D eigenvalue weighted by atomic mass is 9.84. The van der Waals surface area contributed by atoms with Gasteiger partial charge in [-0.05, 0) is 45.2 Å². The second kappa shape index (κ2) is 6.56. The van der Waals surface area contributed by atoms with Crippen molar-refractivity contribution in [1.29, 1.82) is 0 Å². The SMILES string of the molecule is CN1CCCCC1C1CCN(C(=O)Cn2cncn2)CC1. The molecular formula is C15H25N5O. The molecular weight excluding hydrogens is 266 g/mol. The van der Waals surface area contributed by atoms with Gasteiger partial charge in [0.15, 0.2) is 0 Å². The van der Waals surface area contributed by atoms with E-state index in [4.69, 9.17) is 0 Å². The Bertz CT molecular complexity index is 453. The van der Waals surface area contributed by atoms with Crippen LogP contribution in [0.4, 0.5) is 0 Å². The van der Waals surface area contributed by atoms with Gasteiger partial charge in [-0.2, -0.15) is 5.10 Å². The van der Waals surface area contributed by atoms with Crippen LogP contribution in [0.5, 0.6) is 0 Å². The van der Waals surface area contributed by atoms with Gasteiger partial charge in [-0.15, -0.1) is 0 Å². The molecule has 2 saturated heterocycles. The van der Waals surface area contributed by atoms with Crippen LogP contribution in [0.1, 0.15) is 32.1 Å². The van der Waals surface area contributed by atoms with Crippen LogP contribution < -0.4 is 0 Å². The largest absolute Gasteiger partial charge is 0.341 e. The van der Waals surface area contributed by atoms with E-state index in [1.165, 1.54) is 32.1 Å². The normalized spacial score (nSPS) is 25.2. The number of hydrogen-bond donors (Lipinski definition) is 0. The summed E-state index contributed by atoms with van der Waals surface area (Å²) in [5.74, 6) is 0.918. The average Bonchev–Trinajstić information content (AvgIpc) is 3.01. The van der Waals surface area contributed by atoms with Gasteiger partial charge in [-0.25, -0.2) is 9.67 Å². The zero-order valence-electron chi connectivity index (χ0n) is 12.8. The van der Waals surface area contributed by atoms with Crippen molar-refractivity contribution in [1.82, 2.24) is 24.6 Å². The molecule has 0 bridgehead atoms. The highest BCUT2D eigenvalue weighted by atomic mass is 16.2. The van der Waals surface area contributed by atoms with E-state index in [1.807, 2.05) is 4.90 Å². The standard InChI is InChI=1S/C15H25N5O/c1-18-7-3-2-4-14(18)13-5-8-19(9-6-13)15(21)10-20-12-16-11-17-20/h11-14H,2-10H2,1H3. The molecule has 3 heterocycles. The fourth-order valence-electron chi connectivity index (χ4n) is 3.78. The zero-order chi connectivity index (χ0) is 14.7. The summed E-state index contributed by atoms with van der Waals surface area (Å²) in [5, 5.41) is 4.00. The van der Waals surface area contributed by atoms with Crippen LogP contribution in [0.15, 0.2) is 12.7 Å². The number of likely N-dealkylation sites (tertiary alicyclic amines) is 2. The molecule has 0 saturated carbocycles. The van der Waals surface area contributed by atoms with Gasteiger partial charge in [0, 0.05) is 19.1 Å². The lowest BCUT2D eigenvalue weighted by molar-refractivity contribution is -0.133. The fraction of sp³-hybridized carbons (Fsp3) is 0.800. The first-order valence-electron chi connectivity index (χ1n) is 8.04. The van der Waals surface area contributed by atoms with Gasteiger partial charge in [0.25, 0.3) is 0 Å². The predicted molar refractivity (Wildman–Crippen MR) is 79.6 cm³/mol. The Kier molecular flexibility index (Phi) is 4.53. The van der Waals surface area contributed by atoms with E-state index < -0.39 is 0 Å². The van der Waals surface area contributed by atoms with E-state index in [0.717, 1.165) is 37.9 Å². The van der Waals surface area contributed by atoms with Crippen molar-refractivity contribution >= 4 is 5.91 Å². The second-order valence-electron chi connectivity index (χ2n) is 6.36. The summed E-state index contributed by atoms with van der Waals surface area (Å²) in [6.45, 7) is 3.33. The van der Waals surface area contributed by atoms with Gasteiger partial charge in [-0.3, -0.25) is 4.79 Å². The second-order valence-corrected chi connectivity index (χ2v) is 6.36. The molecule has 21 heavy (non-hydrogen) atoms. The quantitative estimate of drug-likeness (QED) is 0.834. The molecule has 1 aromatic rings. The maximum absolute atomic E-state index is 12.2. The van der Waals surface area contributed by atoms with E-state index >= 15 is 0 Å². The van der Waals surface area contributed by atoms with Gasteiger partial charge in [0.2, 0.25) is 5.91 Å². The Morgan fingerprint density at radius 2 is 2.00 bits per heavy atom. The molecule has 1 amide bonds. The highest BCUT2D eigenvalue weighted by Crippen LogP contribution is 2.29. The lowest BCUT2D eigenvalue weighted by Gasteiger charge is -2.42. The minimum atomic E-state index is 0.163. The Hall–Kier alpha value is -1.43. The van der Waals surface area contributed by atoms with Crippen LogP contribution in [0.25, 0.3) is 0 Å². The first-order valence-corrected chi connectivity index (χ1v) is 8.04. The fourth-order valence-corrected chi connectivity index (χ4v) is 3.78. The molecule has 0 aromatic carbocycles. The predicted octanol–water partition coefficient (Wildman–Crippen LogP) is 1.00. The molecule has 2 fully saturated rings. The van der Waals surface area contributed by atoms with Crippen molar-refractivity contribution in [2.45, 2.75) is 44.7 Å². The molecule has 1 atom stereocenters. The van der Waals surface area contributed by atoms with E-state index in [9.17, 15) is 4.79 Å². The maximum Gasteiger partial charge on any atom is 0.244 e. The number of aromatic nitrogens is 3. The minimum Gasteiger partial charge on any atom is -0.341 e. The molecule has 0 spiro atoms. The number of piperidine rings is 2. The minimum absolute atomic E-state index is 0.163. The maximum atomic E-state index is 12.2. The molecule has 6 heteroatoms. The van der Waals surface area contributed by atoms with Gasteiger partial charge in [0.05, 0.1) is 0 Å². The van der Waals surface area contributed by atoms with Gasteiger partial charge >= 0.3 is 0 Å². The van der Waals surface area contributed by atoms with Crippen molar-refractivity contribution < 1.29 is 4.79 Å². The summed E-state index contributed by atoms with van der Waals surface area (Å²) in [4.78, 5) is 20.6. The van der Waals surface area contributed by atoms with E-state index in [1.54, 1.807) is 11.0 Å². The number of rotatable bonds is 3. The number of amides is 1. The van der Waals surface area contributed by atoms with E-state index in [2.05, 4.69) is 22.0 Å². The smallest absolute Gasteiger partial charge is 0.244 e. The van der Waals surface area contributed by atoms with Crippen LogP contribution in [0.3, 0.4) is 0 Å². The highest BCUT2D eigenvalue weighted by molar-refractivity contribution is 5.75. The van der Waals surface area contributed by atoms with Crippen LogP contribution in [-0.4, -0.2) is 63.2 Å². The van der Waals surface area contributed by atoms with Gasteiger partial charge < -0.3 is 9.80 Å². The molecule has 2 aliphatic rings. The van der Waals surface area contributed by atoms with Gasteiger partial charge in [-0.1, -0.05) is 6.42 Å². The number of nitrogens with zero attached hydrogens (tertiary/aromatic N) is 5. The highest BCUT2D eigenvalue weighted by Gasteiger charge is 2.31. The van der Waals surface area contributed by atoms with Crippen LogP contribution in [-0.2, 0) is 11.3 Å². The van der Waals surface area contributed by atoms with Crippen molar-refractivity contribution in [2.24, 2.45) is 5.92 Å². The topological polar surface area (TPSA) is 54.3 Å². The zero-order valence-corrected chi connectivity index (χ0v) is 12.8. The monoisotopic (exact) mass is 291 g/mol. The van der Waals surface area contributed by atoms with Crippen LogP contribution >= 0.6 is 0 Å². The van der Waals surface area contributed by atoms with Crippen LogP contribution in [0, 0.1) is 5.92 Å². The van der Waals surface area contributed by atoms with Crippen molar-refractivity contribution in [3.05, 3.63) is 12.7 Å². The Morgan fingerprint density at radius 1 is 1.19 bits per heavy atom. The summed E-state index contributed by atoms with van der Waals surface area (Å²) in [5.41, 5.74) is 0. The Morgan fingerprint density at radius 3 is 2.67 bits per heavy atom. The first-order chi connectivity index (χ1) is 10.2. The number of hydrogen-bond acceptors (Lipinski definition) is 4. The molecule has 6 nitrogen and oxygen atoms in total. The Labute approximate surface area is 126 Å². The van der Waals surface area contributed by atoms with Crippen molar-refractivity contribution in [2.75, 3.05) is 26.7 Å². The molecule has 116 valence electrons. The molecule has 2 aliphatic heterocycles. The summed E-state index contributed by atoms with van der Waals surface area (Å²) >= 11 is 0. The summed E-state index contributed by atoms with van der Waals surface area (Å²) < 4.78 is 1.60. The van der Waals surface area contributed by atoms with Gasteiger partial charge in [0.1, 0.15) is 19.2 Å². The molecule has 1 aromatic heterocycles. The third-order valence-corrected chi connectivity index (χ3v) is 5.03. The van der Waals surface area contributed by atoms with E-state index in [0.29, 0.717) is 6.54 Å². The molecule has 1 unspecified atom stereocenters.